The molecule has 0 aliphatic carbocycles. The third-order valence-corrected chi connectivity index (χ3v) is 3.68. The monoisotopic (exact) mass is 337 g/mol. The lowest BCUT2D eigenvalue weighted by Crippen LogP contribution is -2.34. The molecule has 0 unspecified atom stereocenters. The highest BCUT2D eigenvalue weighted by atomic mass is 79.9. The lowest BCUT2D eigenvalue weighted by Gasteiger charge is -2.18. The van der Waals surface area contributed by atoms with Crippen molar-refractivity contribution in [3.05, 3.63) is 33.8 Å². The maximum Gasteiger partial charge on any atom is 0.222 e. The maximum atomic E-state index is 11.4. The average Bonchev–Trinajstić information content (AvgIpc) is 2.40. The summed E-state index contributed by atoms with van der Waals surface area (Å²) in [5, 5.41) is 11.7. The summed E-state index contributed by atoms with van der Waals surface area (Å²) in [7, 11) is 2.01. The molecule has 4 nitrogen and oxygen atoms in total. The first-order valence-electron chi connectivity index (χ1n) is 6.58. The smallest absolute Gasteiger partial charge is 0.222 e. The number of rotatable bonds is 6. The summed E-state index contributed by atoms with van der Waals surface area (Å²) >= 11 is 3.48. The van der Waals surface area contributed by atoms with E-state index in [9.17, 15) is 4.79 Å². The zero-order chi connectivity index (χ0) is 15.1. The van der Waals surface area contributed by atoms with E-state index in [4.69, 9.17) is 5.26 Å². The van der Waals surface area contributed by atoms with Gasteiger partial charge in [0.25, 0.3) is 0 Å². The maximum absolute atomic E-state index is 11.4. The fourth-order valence-electron chi connectivity index (χ4n) is 1.69. The van der Waals surface area contributed by atoms with Crippen LogP contribution in [0.5, 0.6) is 0 Å². The number of likely N-dealkylation sites (N-methyl/N-ethyl adjacent to an activating group) is 1. The molecule has 1 rings (SSSR count). The van der Waals surface area contributed by atoms with Gasteiger partial charge in [0.05, 0.1) is 11.6 Å². The highest BCUT2D eigenvalue weighted by Crippen LogP contribution is 2.19. The van der Waals surface area contributed by atoms with Crippen LogP contribution in [0, 0.1) is 17.2 Å². The Labute approximate surface area is 128 Å². The van der Waals surface area contributed by atoms with Crippen LogP contribution in [-0.2, 0) is 11.3 Å². The first-order valence-corrected chi connectivity index (χ1v) is 7.38. The predicted molar refractivity (Wildman–Crippen MR) is 83.0 cm³/mol. The quantitative estimate of drug-likeness (QED) is 0.867. The van der Waals surface area contributed by atoms with Crippen molar-refractivity contribution < 1.29 is 4.79 Å². The molecule has 0 radical (unpaired) electrons. The van der Waals surface area contributed by atoms with E-state index in [1.807, 2.05) is 39.1 Å². The van der Waals surface area contributed by atoms with E-state index >= 15 is 0 Å². The molecule has 1 amide bonds. The summed E-state index contributed by atoms with van der Waals surface area (Å²) in [4.78, 5) is 13.6. The molecule has 0 heterocycles. The molecule has 20 heavy (non-hydrogen) atoms. The third-order valence-electron chi connectivity index (χ3n) is 2.94. The van der Waals surface area contributed by atoms with E-state index in [0.29, 0.717) is 12.1 Å². The van der Waals surface area contributed by atoms with Crippen molar-refractivity contribution in [1.82, 2.24) is 10.2 Å². The number of carbonyl (C=O) groups excluding carboxylic acids is 1. The van der Waals surface area contributed by atoms with Crippen LogP contribution in [0.1, 0.15) is 25.0 Å². The van der Waals surface area contributed by atoms with E-state index < -0.39 is 0 Å². The SMILES string of the molecule is CC(C)C(=O)NCCN(C)Cc1ccc(C#N)cc1Br. The minimum atomic E-state index is 0.0213. The highest BCUT2D eigenvalue weighted by molar-refractivity contribution is 9.10. The first-order chi connectivity index (χ1) is 9.43. The Morgan fingerprint density at radius 1 is 1.50 bits per heavy atom. The Kier molecular flexibility index (Phi) is 6.69. The van der Waals surface area contributed by atoms with Gasteiger partial charge < -0.3 is 10.2 Å². The molecule has 0 atom stereocenters. The molecule has 0 fully saturated rings. The van der Waals surface area contributed by atoms with Gasteiger partial charge in [0.2, 0.25) is 5.91 Å². The zero-order valence-electron chi connectivity index (χ0n) is 12.1. The van der Waals surface area contributed by atoms with Gasteiger partial charge in [0, 0.05) is 30.0 Å². The molecule has 0 aromatic heterocycles. The second-order valence-corrected chi connectivity index (χ2v) is 5.96. The molecule has 0 bridgehead atoms. The van der Waals surface area contributed by atoms with Crippen LogP contribution < -0.4 is 5.32 Å². The number of nitrogens with zero attached hydrogens (tertiary/aromatic N) is 2. The number of nitriles is 1. The van der Waals surface area contributed by atoms with Gasteiger partial charge in [-0.2, -0.15) is 5.26 Å². The molecule has 1 aromatic rings. The van der Waals surface area contributed by atoms with Gasteiger partial charge in [-0.1, -0.05) is 35.8 Å². The first kappa shape index (κ1) is 16.7. The molecule has 0 aliphatic rings. The Morgan fingerprint density at radius 2 is 2.20 bits per heavy atom. The average molecular weight is 338 g/mol. The number of amides is 1. The van der Waals surface area contributed by atoms with E-state index in [2.05, 4.69) is 32.2 Å². The molecule has 108 valence electrons. The van der Waals surface area contributed by atoms with Crippen LogP contribution >= 0.6 is 15.9 Å². The summed E-state index contributed by atoms with van der Waals surface area (Å²) in [6.45, 7) is 5.95. The van der Waals surface area contributed by atoms with Crippen molar-refractivity contribution in [2.75, 3.05) is 20.1 Å². The van der Waals surface area contributed by atoms with Crippen molar-refractivity contribution in [3.63, 3.8) is 0 Å². The Balaban J connectivity index is 2.45. The topological polar surface area (TPSA) is 56.1 Å². The molecular formula is C15H20BrN3O. The lowest BCUT2D eigenvalue weighted by molar-refractivity contribution is -0.124. The molecule has 1 N–H and O–H groups in total. The van der Waals surface area contributed by atoms with Gasteiger partial charge in [-0.3, -0.25) is 4.79 Å². The van der Waals surface area contributed by atoms with Crippen molar-refractivity contribution in [2.24, 2.45) is 5.92 Å². The molecule has 0 spiro atoms. The molecular weight excluding hydrogens is 318 g/mol. The molecule has 1 aromatic carbocycles. The zero-order valence-corrected chi connectivity index (χ0v) is 13.7. The minimum Gasteiger partial charge on any atom is -0.355 e. The summed E-state index contributed by atoms with van der Waals surface area (Å²) in [6.07, 6.45) is 0. The molecule has 5 heteroatoms. The molecule has 0 saturated heterocycles. The van der Waals surface area contributed by atoms with Crippen molar-refractivity contribution in [3.8, 4) is 6.07 Å². The van der Waals surface area contributed by atoms with Crippen LogP contribution in [0.25, 0.3) is 0 Å². The number of hydrogen-bond acceptors (Lipinski definition) is 3. The number of hydrogen-bond donors (Lipinski definition) is 1. The van der Waals surface area contributed by atoms with Crippen LogP contribution in [0.4, 0.5) is 0 Å². The third kappa shape index (κ3) is 5.32. The van der Waals surface area contributed by atoms with Crippen LogP contribution in [-0.4, -0.2) is 30.9 Å². The molecule has 0 saturated carbocycles. The fraction of sp³-hybridized carbons (Fsp3) is 0.467. The van der Waals surface area contributed by atoms with Crippen molar-refractivity contribution in [1.29, 1.82) is 5.26 Å². The summed E-state index contributed by atoms with van der Waals surface area (Å²) in [6, 6.07) is 7.70. The van der Waals surface area contributed by atoms with Crippen LogP contribution in [0.2, 0.25) is 0 Å². The van der Waals surface area contributed by atoms with E-state index in [1.165, 1.54) is 0 Å². The van der Waals surface area contributed by atoms with Gasteiger partial charge in [0.15, 0.2) is 0 Å². The van der Waals surface area contributed by atoms with Gasteiger partial charge in [0.1, 0.15) is 0 Å². The Bertz CT molecular complexity index is 508. The van der Waals surface area contributed by atoms with Gasteiger partial charge in [-0.05, 0) is 24.7 Å². The van der Waals surface area contributed by atoms with Crippen molar-refractivity contribution >= 4 is 21.8 Å². The van der Waals surface area contributed by atoms with Crippen molar-refractivity contribution in [2.45, 2.75) is 20.4 Å². The summed E-state index contributed by atoms with van der Waals surface area (Å²) in [5.41, 5.74) is 1.77. The number of benzene rings is 1. The fourth-order valence-corrected chi connectivity index (χ4v) is 2.19. The molecule has 0 aliphatic heterocycles. The summed E-state index contributed by atoms with van der Waals surface area (Å²) < 4.78 is 0.939. The normalized spacial score (nSPS) is 10.7. The standard InChI is InChI=1S/C15H20BrN3O/c1-11(2)15(20)18-6-7-19(3)10-13-5-4-12(9-17)8-14(13)16/h4-5,8,11H,6-7,10H2,1-3H3,(H,18,20). The minimum absolute atomic E-state index is 0.0213. The number of halogens is 1. The number of nitrogens with one attached hydrogen (secondary N) is 1. The van der Waals surface area contributed by atoms with E-state index in [-0.39, 0.29) is 11.8 Å². The largest absolute Gasteiger partial charge is 0.355 e. The lowest BCUT2D eigenvalue weighted by atomic mass is 10.1. The Morgan fingerprint density at radius 3 is 2.75 bits per heavy atom. The summed E-state index contributed by atoms with van der Waals surface area (Å²) in [5.74, 6) is 0.103. The van der Waals surface area contributed by atoms with Crippen LogP contribution in [0.15, 0.2) is 22.7 Å². The second-order valence-electron chi connectivity index (χ2n) is 5.10. The second kappa shape index (κ2) is 8.03. The predicted octanol–water partition coefficient (Wildman–Crippen LogP) is 2.52. The Hall–Kier alpha value is -1.38. The highest BCUT2D eigenvalue weighted by Gasteiger charge is 2.08. The van der Waals surface area contributed by atoms with E-state index in [0.717, 1.165) is 23.1 Å². The van der Waals surface area contributed by atoms with Gasteiger partial charge in [-0.15, -0.1) is 0 Å². The van der Waals surface area contributed by atoms with Gasteiger partial charge >= 0.3 is 0 Å². The van der Waals surface area contributed by atoms with E-state index in [1.54, 1.807) is 0 Å². The van der Waals surface area contributed by atoms with Crippen LogP contribution in [0.3, 0.4) is 0 Å². The van der Waals surface area contributed by atoms with Gasteiger partial charge in [-0.25, -0.2) is 0 Å². The number of carbonyl (C=O) groups is 1.